The zero-order valence-corrected chi connectivity index (χ0v) is 17.1. The zero-order chi connectivity index (χ0) is 19.2. The molecule has 1 heterocycles. The summed E-state index contributed by atoms with van der Waals surface area (Å²) < 4.78 is 10.9. The molecule has 1 aliphatic rings. The Bertz CT molecular complexity index is 366. The molecule has 0 amide bonds. The Morgan fingerprint density at radius 1 is 1.00 bits per heavy atom. The third-order valence-electron chi connectivity index (χ3n) is 5.00. The van der Waals surface area contributed by atoms with Gasteiger partial charge in [0.05, 0.1) is 13.2 Å². The highest BCUT2D eigenvalue weighted by atomic mass is 32.1. The first-order valence-corrected chi connectivity index (χ1v) is 10.8. The van der Waals surface area contributed by atoms with Crippen molar-refractivity contribution >= 4 is 17.3 Å². The Morgan fingerprint density at radius 3 is 2.00 bits per heavy atom. The maximum atomic E-state index is 9.84. The molecule has 26 heavy (non-hydrogen) atoms. The monoisotopic (exact) mass is 390 g/mol. The molecule has 0 bridgehead atoms. The summed E-state index contributed by atoms with van der Waals surface area (Å²) in [7, 11) is 0. The van der Waals surface area contributed by atoms with E-state index in [1.165, 1.54) is 57.8 Å². The Hall–Kier alpha value is -0.270. The topological polar surface area (TPSA) is 79.2 Å². The van der Waals surface area contributed by atoms with E-state index in [2.05, 4.69) is 6.92 Å². The highest BCUT2D eigenvalue weighted by Gasteiger charge is 2.41. The molecule has 5 nitrogen and oxygen atoms in total. The molecule has 1 fully saturated rings. The third-order valence-corrected chi connectivity index (χ3v) is 5.30. The van der Waals surface area contributed by atoms with Crippen molar-refractivity contribution in [3.05, 3.63) is 0 Å². The highest BCUT2D eigenvalue weighted by Crippen LogP contribution is 2.20. The molecule has 0 radical (unpaired) electrons. The molecular weight excluding hydrogens is 352 g/mol. The van der Waals surface area contributed by atoms with Gasteiger partial charge in [-0.05, 0) is 18.6 Å². The van der Waals surface area contributed by atoms with E-state index in [0.717, 1.165) is 12.8 Å². The minimum Gasteiger partial charge on any atom is -0.479 e. The standard InChI is InChI=1S/C20H38O5S/c1-2-3-4-5-6-7-8-9-10-11-12-13-18(26)25-17(14-21)20-19(23)16(22)15-24-20/h16-17,19-23H,2-15H2,1H3/t16-,17+,19-,20-/m1/s1. The fourth-order valence-electron chi connectivity index (χ4n) is 3.32. The summed E-state index contributed by atoms with van der Waals surface area (Å²) >= 11 is 5.24. The third kappa shape index (κ3) is 9.60. The van der Waals surface area contributed by atoms with E-state index >= 15 is 0 Å². The van der Waals surface area contributed by atoms with Gasteiger partial charge < -0.3 is 24.8 Å². The Balaban J connectivity index is 2.01. The smallest absolute Gasteiger partial charge is 0.160 e. The number of unbranched alkanes of at least 4 members (excludes halogenated alkanes) is 10. The quantitative estimate of drug-likeness (QED) is 0.293. The maximum Gasteiger partial charge on any atom is 0.160 e. The Morgan fingerprint density at radius 2 is 1.54 bits per heavy atom. The lowest BCUT2D eigenvalue weighted by atomic mass is 10.1. The maximum absolute atomic E-state index is 9.84. The van der Waals surface area contributed by atoms with Gasteiger partial charge in [-0.3, -0.25) is 0 Å². The number of ether oxygens (including phenoxy) is 2. The van der Waals surface area contributed by atoms with Crippen molar-refractivity contribution in [1.29, 1.82) is 0 Å². The molecule has 1 aliphatic heterocycles. The summed E-state index contributed by atoms with van der Waals surface area (Å²) in [6.07, 6.45) is 11.3. The van der Waals surface area contributed by atoms with Crippen LogP contribution in [0, 0.1) is 0 Å². The molecule has 0 aromatic heterocycles. The van der Waals surface area contributed by atoms with E-state index in [-0.39, 0.29) is 13.2 Å². The van der Waals surface area contributed by atoms with Gasteiger partial charge in [-0.1, -0.05) is 71.1 Å². The van der Waals surface area contributed by atoms with Gasteiger partial charge >= 0.3 is 0 Å². The van der Waals surface area contributed by atoms with Crippen LogP contribution >= 0.6 is 12.2 Å². The molecule has 1 saturated heterocycles. The van der Waals surface area contributed by atoms with Crippen LogP contribution in [-0.4, -0.2) is 58.0 Å². The summed E-state index contributed by atoms with van der Waals surface area (Å²) in [5.74, 6) is 0. The minimum absolute atomic E-state index is 0.0526. The lowest BCUT2D eigenvalue weighted by Gasteiger charge is -2.25. The van der Waals surface area contributed by atoms with Gasteiger partial charge in [0, 0.05) is 6.42 Å². The van der Waals surface area contributed by atoms with E-state index in [1.807, 2.05) is 0 Å². The van der Waals surface area contributed by atoms with E-state index in [1.54, 1.807) is 0 Å². The number of hydrogen-bond acceptors (Lipinski definition) is 6. The van der Waals surface area contributed by atoms with Crippen LogP contribution in [0.4, 0.5) is 0 Å². The Labute approximate surface area is 164 Å². The summed E-state index contributed by atoms with van der Waals surface area (Å²) in [5, 5.41) is 29.2. The van der Waals surface area contributed by atoms with Gasteiger partial charge in [0.2, 0.25) is 0 Å². The molecule has 4 atom stereocenters. The number of thiocarbonyl (C=S) groups is 1. The highest BCUT2D eigenvalue weighted by molar-refractivity contribution is 7.80. The second kappa shape index (κ2) is 14.7. The average molecular weight is 391 g/mol. The number of aliphatic hydroxyl groups excluding tert-OH is 3. The molecule has 3 N–H and O–H groups in total. The number of hydrogen-bond donors (Lipinski definition) is 3. The molecule has 0 aromatic carbocycles. The van der Waals surface area contributed by atoms with E-state index in [0.29, 0.717) is 11.5 Å². The molecule has 0 unspecified atom stereocenters. The van der Waals surface area contributed by atoms with Crippen molar-refractivity contribution in [3.63, 3.8) is 0 Å². The average Bonchev–Trinajstić information content (AvgIpc) is 2.96. The van der Waals surface area contributed by atoms with Crippen LogP contribution in [0.3, 0.4) is 0 Å². The minimum atomic E-state index is -1.04. The molecule has 0 spiro atoms. The van der Waals surface area contributed by atoms with Crippen molar-refractivity contribution in [3.8, 4) is 0 Å². The van der Waals surface area contributed by atoms with Gasteiger partial charge in [0.1, 0.15) is 18.3 Å². The first kappa shape index (κ1) is 23.8. The van der Waals surface area contributed by atoms with Crippen molar-refractivity contribution in [2.75, 3.05) is 13.2 Å². The molecule has 0 saturated carbocycles. The normalized spacial score (nSPS) is 23.9. The van der Waals surface area contributed by atoms with Crippen LogP contribution in [-0.2, 0) is 9.47 Å². The second-order valence-electron chi connectivity index (χ2n) is 7.35. The lowest BCUT2D eigenvalue weighted by molar-refractivity contribution is -0.0621. The Kier molecular flexibility index (Phi) is 13.5. The van der Waals surface area contributed by atoms with Crippen molar-refractivity contribution in [1.82, 2.24) is 0 Å². The lowest BCUT2D eigenvalue weighted by Crippen LogP contribution is -2.42. The van der Waals surface area contributed by atoms with Crippen LogP contribution in [0.5, 0.6) is 0 Å². The summed E-state index contributed by atoms with van der Waals surface area (Å²) in [6.45, 7) is 2.00. The van der Waals surface area contributed by atoms with E-state index < -0.39 is 24.4 Å². The largest absolute Gasteiger partial charge is 0.479 e. The molecule has 6 heteroatoms. The van der Waals surface area contributed by atoms with E-state index in [9.17, 15) is 15.3 Å². The first-order chi connectivity index (χ1) is 12.6. The van der Waals surface area contributed by atoms with Crippen molar-refractivity contribution < 1.29 is 24.8 Å². The van der Waals surface area contributed by atoms with Crippen LogP contribution in [0.2, 0.25) is 0 Å². The summed E-state index contributed by atoms with van der Waals surface area (Å²) in [5.41, 5.74) is 0. The van der Waals surface area contributed by atoms with Crippen LogP contribution in [0.25, 0.3) is 0 Å². The fraction of sp³-hybridized carbons (Fsp3) is 0.950. The molecular formula is C20H38O5S. The van der Waals surface area contributed by atoms with Gasteiger partial charge in [-0.2, -0.15) is 0 Å². The van der Waals surface area contributed by atoms with Crippen LogP contribution in [0.15, 0.2) is 0 Å². The van der Waals surface area contributed by atoms with Gasteiger partial charge in [0.25, 0.3) is 0 Å². The molecule has 0 aliphatic carbocycles. The summed E-state index contributed by atoms with van der Waals surface area (Å²) in [4.78, 5) is 0. The number of rotatable bonds is 15. The fourth-order valence-corrected chi connectivity index (χ4v) is 3.59. The second-order valence-corrected chi connectivity index (χ2v) is 7.81. The SMILES string of the molecule is CCCCCCCCCCCCCC(=S)O[C@@H](CO)[C@H]1OC[C@@H](O)[C@H]1O. The van der Waals surface area contributed by atoms with Crippen molar-refractivity contribution in [2.45, 2.75) is 108 Å². The predicted molar refractivity (Wildman–Crippen MR) is 107 cm³/mol. The van der Waals surface area contributed by atoms with Crippen LogP contribution in [0.1, 0.15) is 84.0 Å². The first-order valence-electron chi connectivity index (χ1n) is 10.4. The molecule has 1 rings (SSSR count). The van der Waals surface area contributed by atoms with Gasteiger partial charge in [-0.25, -0.2) is 0 Å². The van der Waals surface area contributed by atoms with Crippen LogP contribution < -0.4 is 0 Å². The summed E-state index contributed by atoms with van der Waals surface area (Å²) in [6, 6.07) is 0. The predicted octanol–water partition coefficient (Wildman–Crippen LogP) is 3.51. The van der Waals surface area contributed by atoms with Crippen molar-refractivity contribution in [2.24, 2.45) is 0 Å². The number of aliphatic hydroxyl groups is 3. The molecule has 0 aromatic rings. The zero-order valence-electron chi connectivity index (χ0n) is 16.3. The molecule has 154 valence electrons. The van der Waals surface area contributed by atoms with Gasteiger partial charge in [0.15, 0.2) is 11.2 Å². The van der Waals surface area contributed by atoms with E-state index in [4.69, 9.17) is 21.7 Å². The van der Waals surface area contributed by atoms with Gasteiger partial charge in [-0.15, -0.1) is 0 Å².